The minimum atomic E-state index is -0.296. The van der Waals surface area contributed by atoms with Crippen molar-refractivity contribution < 1.29 is 4.39 Å². The van der Waals surface area contributed by atoms with Gasteiger partial charge < -0.3 is 10.3 Å². The molecule has 0 saturated heterocycles. The maximum Gasteiger partial charge on any atom is 0.127 e. The van der Waals surface area contributed by atoms with E-state index in [9.17, 15) is 4.39 Å². The Bertz CT molecular complexity index is 808. The molecule has 1 aromatic heterocycles. The van der Waals surface area contributed by atoms with Crippen molar-refractivity contribution >= 4 is 22.6 Å². The molecule has 0 bridgehead atoms. The Labute approximate surface area is 139 Å². The van der Waals surface area contributed by atoms with E-state index in [2.05, 4.69) is 11.5 Å². The maximum atomic E-state index is 14.1. The highest BCUT2D eigenvalue weighted by molar-refractivity contribution is 6.31. The van der Waals surface area contributed by atoms with Gasteiger partial charge in [-0.25, -0.2) is 9.37 Å². The Morgan fingerprint density at radius 1 is 1.22 bits per heavy atom. The van der Waals surface area contributed by atoms with Gasteiger partial charge in [0.2, 0.25) is 0 Å². The molecule has 0 radical (unpaired) electrons. The zero-order valence-corrected chi connectivity index (χ0v) is 13.7. The van der Waals surface area contributed by atoms with Crippen molar-refractivity contribution in [2.75, 3.05) is 6.54 Å². The summed E-state index contributed by atoms with van der Waals surface area (Å²) in [5.74, 6) is 0.502. The zero-order chi connectivity index (χ0) is 16.4. The molecule has 0 spiro atoms. The first-order valence-corrected chi connectivity index (χ1v) is 8.11. The van der Waals surface area contributed by atoms with E-state index in [4.69, 9.17) is 22.3 Å². The van der Waals surface area contributed by atoms with E-state index in [0.717, 1.165) is 23.4 Å². The number of nitrogens with zero attached hydrogens (tertiary/aromatic N) is 2. The van der Waals surface area contributed by atoms with Gasteiger partial charge in [-0.2, -0.15) is 0 Å². The van der Waals surface area contributed by atoms with Gasteiger partial charge in [-0.1, -0.05) is 29.8 Å². The summed E-state index contributed by atoms with van der Waals surface area (Å²) in [5, 5.41) is 0.433. The molecular weight excluding hydrogens is 313 g/mol. The van der Waals surface area contributed by atoms with Crippen LogP contribution in [0.3, 0.4) is 0 Å². The van der Waals surface area contributed by atoms with Crippen LogP contribution in [0.4, 0.5) is 4.39 Å². The number of halogens is 2. The lowest BCUT2D eigenvalue weighted by Crippen LogP contribution is -2.20. The van der Waals surface area contributed by atoms with Crippen LogP contribution in [0.5, 0.6) is 0 Å². The predicted octanol–water partition coefficient (Wildman–Crippen LogP) is 4.13. The summed E-state index contributed by atoms with van der Waals surface area (Å²) >= 11 is 6.16. The van der Waals surface area contributed by atoms with Gasteiger partial charge in [-0.15, -0.1) is 0 Å². The van der Waals surface area contributed by atoms with Crippen LogP contribution in [-0.4, -0.2) is 16.1 Å². The van der Waals surface area contributed by atoms with Gasteiger partial charge in [0.05, 0.1) is 11.0 Å². The van der Waals surface area contributed by atoms with Crippen LogP contribution in [0, 0.1) is 5.82 Å². The lowest BCUT2D eigenvalue weighted by molar-refractivity contribution is 0.563. The summed E-state index contributed by atoms with van der Waals surface area (Å²) in [5.41, 5.74) is 8.48. The van der Waals surface area contributed by atoms with Gasteiger partial charge in [-0.05, 0) is 37.6 Å². The van der Waals surface area contributed by atoms with Crippen molar-refractivity contribution in [2.45, 2.75) is 25.8 Å². The molecule has 3 nitrogen and oxygen atoms in total. The van der Waals surface area contributed by atoms with Crippen LogP contribution in [0.25, 0.3) is 11.0 Å². The van der Waals surface area contributed by atoms with Crippen molar-refractivity contribution in [3.63, 3.8) is 0 Å². The second-order valence-corrected chi connectivity index (χ2v) is 5.95. The van der Waals surface area contributed by atoms with E-state index < -0.39 is 0 Å². The van der Waals surface area contributed by atoms with Crippen molar-refractivity contribution in [2.24, 2.45) is 5.73 Å². The molecule has 0 amide bonds. The number of hydrogen-bond acceptors (Lipinski definition) is 2. The highest BCUT2D eigenvalue weighted by atomic mass is 35.5. The number of nitrogens with two attached hydrogens (primary N) is 1. The Hall–Kier alpha value is -1.91. The molecule has 1 heterocycles. The summed E-state index contributed by atoms with van der Waals surface area (Å²) in [6, 6.07) is 12.7. The molecule has 3 rings (SSSR count). The molecule has 0 aliphatic rings. The van der Waals surface area contributed by atoms with Gasteiger partial charge in [0.15, 0.2) is 0 Å². The second kappa shape index (κ2) is 6.69. The van der Waals surface area contributed by atoms with Crippen molar-refractivity contribution in [1.82, 2.24) is 9.55 Å². The third-order valence-corrected chi connectivity index (χ3v) is 4.52. The molecule has 0 saturated carbocycles. The largest absolute Gasteiger partial charge is 0.330 e. The predicted molar refractivity (Wildman–Crippen MR) is 92.3 cm³/mol. The third-order valence-electron chi connectivity index (χ3n) is 4.16. The van der Waals surface area contributed by atoms with Crippen LogP contribution in [-0.2, 0) is 13.0 Å². The first-order chi connectivity index (χ1) is 11.2. The zero-order valence-electron chi connectivity index (χ0n) is 13.0. The summed E-state index contributed by atoms with van der Waals surface area (Å²) < 4.78 is 16.2. The van der Waals surface area contributed by atoms with Gasteiger partial charge >= 0.3 is 0 Å². The standard InChI is InChI=1S/C18H19ClFN3/c1-2-23-17-9-4-3-8-16(17)22-18(23)12(11-21)10-13-14(19)6-5-7-15(13)20/h3-9,12H,2,10-11,21H2,1H3. The monoisotopic (exact) mass is 331 g/mol. The normalized spacial score (nSPS) is 12.7. The third kappa shape index (κ3) is 2.96. The van der Waals surface area contributed by atoms with E-state index >= 15 is 0 Å². The lowest BCUT2D eigenvalue weighted by atomic mass is 9.98. The van der Waals surface area contributed by atoms with Crippen LogP contribution >= 0.6 is 11.6 Å². The minimum Gasteiger partial charge on any atom is -0.330 e. The van der Waals surface area contributed by atoms with Crippen molar-refractivity contribution in [3.05, 3.63) is 64.7 Å². The van der Waals surface area contributed by atoms with Crippen molar-refractivity contribution in [3.8, 4) is 0 Å². The molecule has 0 fully saturated rings. The van der Waals surface area contributed by atoms with E-state index in [1.807, 2.05) is 24.3 Å². The SMILES string of the molecule is CCn1c(C(CN)Cc2c(F)cccc2Cl)nc2ccccc21. The van der Waals surface area contributed by atoms with E-state index in [-0.39, 0.29) is 11.7 Å². The molecule has 1 atom stereocenters. The number of imidazole rings is 1. The average Bonchev–Trinajstić information content (AvgIpc) is 2.93. The van der Waals surface area contributed by atoms with E-state index in [0.29, 0.717) is 23.6 Å². The van der Waals surface area contributed by atoms with E-state index in [1.165, 1.54) is 6.07 Å². The summed E-state index contributed by atoms with van der Waals surface area (Å²) in [6.07, 6.45) is 0.436. The van der Waals surface area contributed by atoms with Crippen LogP contribution in [0.15, 0.2) is 42.5 Å². The van der Waals surface area contributed by atoms with Gasteiger partial charge in [-0.3, -0.25) is 0 Å². The molecular formula is C18H19ClFN3. The molecule has 5 heteroatoms. The highest BCUT2D eigenvalue weighted by Gasteiger charge is 2.21. The first kappa shape index (κ1) is 16.0. The second-order valence-electron chi connectivity index (χ2n) is 5.54. The highest BCUT2D eigenvalue weighted by Crippen LogP contribution is 2.28. The number of rotatable bonds is 5. The quantitative estimate of drug-likeness (QED) is 0.763. The van der Waals surface area contributed by atoms with Gasteiger partial charge in [0.25, 0.3) is 0 Å². The summed E-state index contributed by atoms with van der Waals surface area (Å²) in [7, 11) is 0. The number of fused-ring (bicyclic) bond motifs is 1. The van der Waals surface area contributed by atoms with Crippen molar-refractivity contribution in [1.29, 1.82) is 0 Å². The molecule has 1 unspecified atom stereocenters. The molecule has 3 aromatic rings. The van der Waals surface area contributed by atoms with Gasteiger partial charge in [0.1, 0.15) is 11.6 Å². The first-order valence-electron chi connectivity index (χ1n) is 7.73. The Morgan fingerprint density at radius 3 is 2.70 bits per heavy atom. The Balaban J connectivity index is 2.04. The fourth-order valence-corrected chi connectivity index (χ4v) is 3.23. The number of para-hydroxylation sites is 2. The molecule has 0 aliphatic heterocycles. The molecule has 2 aromatic carbocycles. The Morgan fingerprint density at radius 2 is 2.00 bits per heavy atom. The van der Waals surface area contributed by atoms with Crippen LogP contribution < -0.4 is 5.73 Å². The molecule has 2 N–H and O–H groups in total. The van der Waals surface area contributed by atoms with Crippen LogP contribution in [0.1, 0.15) is 24.2 Å². The summed E-state index contributed by atoms with van der Waals surface area (Å²) in [4.78, 5) is 4.73. The summed E-state index contributed by atoms with van der Waals surface area (Å²) in [6.45, 7) is 3.24. The fourth-order valence-electron chi connectivity index (χ4n) is 2.99. The van der Waals surface area contributed by atoms with E-state index in [1.54, 1.807) is 12.1 Å². The molecule has 120 valence electrons. The fraction of sp³-hybridized carbons (Fsp3) is 0.278. The topological polar surface area (TPSA) is 43.8 Å². The Kier molecular flexibility index (Phi) is 4.64. The van der Waals surface area contributed by atoms with Crippen LogP contribution in [0.2, 0.25) is 5.02 Å². The number of aryl methyl sites for hydroxylation is 1. The molecule has 23 heavy (non-hydrogen) atoms. The number of benzene rings is 2. The maximum absolute atomic E-state index is 14.1. The lowest BCUT2D eigenvalue weighted by Gasteiger charge is -2.17. The number of hydrogen-bond donors (Lipinski definition) is 1. The van der Waals surface area contributed by atoms with Gasteiger partial charge in [0, 0.05) is 29.6 Å². The number of aromatic nitrogens is 2. The average molecular weight is 332 g/mol. The minimum absolute atomic E-state index is 0.0863. The smallest absolute Gasteiger partial charge is 0.127 e. The molecule has 0 aliphatic carbocycles.